The van der Waals surface area contributed by atoms with Gasteiger partial charge in [0.2, 0.25) is 0 Å². The molecule has 2 bridgehead atoms. The normalized spacial score (nSPS) is 20.2. The van der Waals surface area contributed by atoms with Crippen molar-refractivity contribution in [3.05, 3.63) is 58.7 Å². The first-order chi connectivity index (χ1) is 13.6. The maximum absolute atomic E-state index is 2.59. The summed E-state index contributed by atoms with van der Waals surface area (Å²) >= 11 is 0. The van der Waals surface area contributed by atoms with E-state index in [4.69, 9.17) is 0 Å². The van der Waals surface area contributed by atoms with Gasteiger partial charge in [-0.3, -0.25) is 0 Å². The van der Waals surface area contributed by atoms with Gasteiger partial charge in [0.25, 0.3) is 0 Å². The molecule has 0 unspecified atom stereocenters. The molecule has 0 amide bonds. The maximum atomic E-state index is 2.59. The van der Waals surface area contributed by atoms with E-state index in [-0.39, 0.29) is 0 Å². The van der Waals surface area contributed by atoms with Crippen LogP contribution in [-0.4, -0.2) is 8.07 Å². The molecule has 0 spiro atoms. The lowest BCUT2D eigenvalue weighted by Gasteiger charge is -2.23. The van der Waals surface area contributed by atoms with Crippen LogP contribution in [0.1, 0.15) is 80.9 Å². The summed E-state index contributed by atoms with van der Waals surface area (Å²) in [5, 5.41) is 3.49. The number of rotatable bonds is 5. The molecule has 5 rings (SSSR count). The van der Waals surface area contributed by atoms with E-state index in [1.807, 2.05) is 5.20 Å². The predicted molar refractivity (Wildman–Crippen MR) is 125 cm³/mol. The van der Waals surface area contributed by atoms with Crippen molar-refractivity contribution >= 4 is 18.5 Å². The molecular weight excluding hydrogens is 352 g/mol. The van der Waals surface area contributed by atoms with Crippen LogP contribution in [0.15, 0.2) is 42.0 Å². The Bertz CT molecular complexity index is 923. The first kappa shape index (κ1) is 18.4. The molecule has 146 valence electrons. The molecule has 0 nitrogen and oxygen atoms in total. The number of hydrogen-bond acceptors (Lipinski definition) is 0. The number of unbranched alkanes of at least 4 members (excludes halogenated alkanes) is 1. The van der Waals surface area contributed by atoms with Gasteiger partial charge in [-0.05, 0) is 76.2 Å². The summed E-state index contributed by atoms with van der Waals surface area (Å²) in [4.78, 5) is 0. The van der Waals surface area contributed by atoms with E-state index < -0.39 is 8.07 Å². The molecule has 0 aromatic heterocycles. The second-order valence-electron chi connectivity index (χ2n) is 9.86. The minimum absolute atomic E-state index is 0.802. The van der Waals surface area contributed by atoms with Gasteiger partial charge in [-0.15, -0.1) is 0 Å². The number of allylic oxidation sites excluding steroid dienone is 1. The van der Waals surface area contributed by atoms with E-state index in [9.17, 15) is 0 Å². The van der Waals surface area contributed by atoms with Crippen LogP contribution in [0.5, 0.6) is 0 Å². The van der Waals surface area contributed by atoms with Crippen molar-refractivity contribution in [3.8, 4) is 11.1 Å². The highest BCUT2D eigenvalue weighted by molar-refractivity contribution is 7.07. The Kier molecular flexibility index (Phi) is 4.62. The van der Waals surface area contributed by atoms with Gasteiger partial charge in [0, 0.05) is 0 Å². The smallest absolute Gasteiger partial charge is 0.0655 e. The molecule has 2 aromatic rings. The van der Waals surface area contributed by atoms with Crippen LogP contribution in [0.2, 0.25) is 13.1 Å². The van der Waals surface area contributed by atoms with Gasteiger partial charge in [0.15, 0.2) is 0 Å². The third-order valence-electron chi connectivity index (χ3n) is 7.71. The molecule has 1 saturated carbocycles. The average Bonchev–Trinajstić information content (AvgIpc) is 3.18. The average molecular weight is 387 g/mol. The van der Waals surface area contributed by atoms with Gasteiger partial charge in [-0.25, -0.2) is 0 Å². The highest BCUT2D eigenvalue weighted by Crippen LogP contribution is 2.50. The molecular formula is C27H34Si. The van der Waals surface area contributed by atoms with Crippen LogP contribution in [0.3, 0.4) is 0 Å². The number of fused-ring (bicyclic) bond motifs is 1. The largest absolute Gasteiger partial charge is 0.113 e. The van der Waals surface area contributed by atoms with Crippen molar-refractivity contribution in [2.75, 3.05) is 0 Å². The Morgan fingerprint density at radius 1 is 0.893 bits per heavy atom. The molecule has 28 heavy (non-hydrogen) atoms. The van der Waals surface area contributed by atoms with E-state index in [2.05, 4.69) is 56.4 Å². The second-order valence-corrected chi connectivity index (χ2v) is 14.2. The highest BCUT2D eigenvalue weighted by Gasteiger charge is 2.45. The highest BCUT2D eigenvalue weighted by atomic mass is 28.3. The third kappa shape index (κ3) is 2.77. The quantitative estimate of drug-likeness (QED) is 0.471. The van der Waals surface area contributed by atoms with Crippen LogP contribution in [0, 0.1) is 0 Å². The van der Waals surface area contributed by atoms with Gasteiger partial charge in [-0.1, -0.05) is 87.7 Å². The first-order valence-electron chi connectivity index (χ1n) is 11.6. The summed E-state index contributed by atoms with van der Waals surface area (Å²) in [5.74, 6) is 0.802. The van der Waals surface area contributed by atoms with Crippen molar-refractivity contribution in [1.82, 2.24) is 0 Å². The zero-order chi connectivity index (χ0) is 19.3. The summed E-state index contributed by atoms with van der Waals surface area (Å²) in [6, 6.07) is 14.7. The number of benzene rings is 2. The lowest BCUT2D eigenvalue weighted by molar-refractivity contribution is 0.443. The van der Waals surface area contributed by atoms with Crippen molar-refractivity contribution in [3.63, 3.8) is 0 Å². The van der Waals surface area contributed by atoms with Gasteiger partial charge < -0.3 is 0 Å². The Morgan fingerprint density at radius 2 is 1.64 bits per heavy atom. The molecule has 1 heteroatoms. The zero-order valence-corrected chi connectivity index (χ0v) is 18.9. The predicted octanol–water partition coefficient (Wildman–Crippen LogP) is 7.37. The summed E-state index contributed by atoms with van der Waals surface area (Å²) < 4.78 is 0. The molecule has 0 radical (unpaired) electrons. The summed E-state index contributed by atoms with van der Waals surface area (Å²) in [7, 11) is -1.55. The molecule has 3 aliphatic rings. The van der Waals surface area contributed by atoms with Crippen molar-refractivity contribution in [2.45, 2.75) is 83.7 Å². The monoisotopic (exact) mass is 386 g/mol. The standard InChI is InChI=1S/C27H34Si/c1-4-5-9-23-18-22-16-17-24-25(26(22)27(23)28(24,2)3)21-14-12-20(13-15-21)19-10-7-6-8-11-19/h12-17,19H,4-11,18H2,1-3H3. The third-order valence-corrected chi connectivity index (χ3v) is 11.3. The lowest BCUT2D eigenvalue weighted by atomic mass is 9.83. The van der Waals surface area contributed by atoms with Crippen LogP contribution in [-0.2, 0) is 6.42 Å². The molecule has 0 N–H and O–H groups in total. The van der Waals surface area contributed by atoms with E-state index >= 15 is 0 Å². The van der Waals surface area contributed by atoms with Gasteiger partial charge >= 0.3 is 0 Å². The fourth-order valence-corrected chi connectivity index (χ4v) is 9.92. The minimum Gasteiger partial charge on any atom is -0.0655 e. The van der Waals surface area contributed by atoms with Crippen molar-refractivity contribution in [2.24, 2.45) is 0 Å². The van der Waals surface area contributed by atoms with Gasteiger partial charge in [0.1, 0.15) is 8.07 Å². The Balaban J connectivity index is 1.56. The van der Waals surface area contributed by atoms with Crippen LogP contribution < -0.4 is 5.19 Å². The molecule has 0 saturated heterocycles. The maximum Gasteiger partial charge on any atom is 0.113 e. The molecule has 0 atom stereocenters. The van der Waals surface area contributed by atoms with Gasteiger partial charge in [0.05, 0.1) is 0 Å². The van der Waals surface area contributed by atoms with Crippen molar-refractivity contribution < 1.29 is 0 Å². The van der Waals surface area contributed by atoms with E-state index in [0.29, 0.717) is 0 Å². The van der Waals surface area contributed by atoms with E-state index in [1.165, 1.54) is 63.4 Å². The summed E-state index contributed by atoms with van der Waals surface area (Å²) in [5.41, 5.74) is 9.69. The van der Waals surface area contributed by atoms with Gasteiger partial charge in [-0.2, -0.15) is 0 Å². The molecule has 1 heterocycles. The Morgan fingerprint density at radius 3 is 2.36 bits per heavy atom. The topological polar surface area (TPSA) is 0 Å². The first-order valence-corrected chi connectivity index (χ1v) is 14.6. The Hall–Kier alpha value is -1.60. The Labute approximate surface area is 172 Å². The molecule has 2 aromatic carbocycles. The lowest BCUT2D eigenvalue weighted by Crippen LogP contribution is -2.39. The minimum atomic E-state index is -1.55. The summed E-state index contributed by atoms with van der Waals surface area (Å²) in [6.45, 7) is 7.50. The van der Waals surface area contributed by atoms with E-state index in [1.54, 1.807) is 33.0 Å². The molecule has 1 fully saturated rings. The second kappa shape index (κ2) is 7.02. The van der Waals surface area contributed by atoms with Crippen molar-refractivity contribution in [1.29, 1.82) is 0 Å². The van der Waals surface area contributed by atoms with E-state index in [0.717, 1.165) is 5.92 Å². The summed E-state index contributed by atoms with van der Waals surface area (Å²) in [6.07, 6.45) is 12.2. The van der Waals surface area contributed by atoms with Crippen LogP contribution >= 0.6 is 0 Å². The fourth-order valence-electron chi connectivity index (χ4n) is 6.24. The SMILES string of the molecule is CCCCC1=C2c3c(ccc(c3-c3ccc(C4CCCCC4)cc3)[Si]2(C)C)C1. The molecule has 1 aliphatic heterocycles. The van der Waals surface area contributed by atoms with Crippen LogP contribution in [0.25, 0.3) is 16.3 Å². The van der Waals surface area contributed by atoms with Crippen LogP contribution in [0.4, 0.5) is 0 Å². The number of hydrogen-bond donors (Lipinski definition) is 0. The fraction of sp³-hybridized carbons (Fsp3) is 0.481. The zero-order valence-electron chi connectivity index (χ0n) is 17.9. The molecule has 2 aliphatic carbocycles.